The molecule has 5 nitrogen and oxygen atoms in total. The molecule has 2 aromatic heterocycles. The third-order valence-electron chi connectivity index (χ3n) is 2.84. The van der Waals surface area contributed by atoms with Gasteiger partial charge in [-0.25, -0.2) is 4.68 Å². The van der Waals surface area contributed by atoms with Gasteiger partial charge >= 0.3 is 0 Å². The fourth-order valence-corrected chi connectivity index (χ4v) is 2.72. The molecule has 0 fully saturated rings. The van der Waals surface area contributed by atoms with Crippen molar-refractivity contribution in [2.24, 2.45) is 0 Å². The van der Waals surface area contributed by atoms with E-state index in [2.05, 4.69) is 46.7 Å². The highest BCUT2D eigenvalue weighted by Crippen LogP contribution is 2.21. The van der Waals surface area contributed by atoms with E-state index in [1.165, 1.54) is 11.1 Å². The maximum absolute atomic E-state index is 5.31. The van der Waals surface area contributed by atoms with Crippen molar-refractivity contribution in [3.63, 3.8) is 0 Å². The number of aryl methyl sites for hydroxylation is 1. The summed E-state index contributed by atoms with van der Waals surface area (Å²) in [5, 5.41) is 12.6. The van der Waals surface area contributed by atoms with Crippen LogP contribution >= 0.6 is 11.8 Å². The molecule has 0 bridgehead atoms. The summed E-state index contributed by atoms with van der Waals surface area (Å²) in [6.07, 6.45) is 1.65. The maximum atomic E-state index is 5.31. The van der Waals surface area contributed by atoms with Crippen molar-refractivity contribution in [2.45, 2.75) is 24.4 Å². The number of hydrogen-bond donors (Lipinski definition) is 0. The third kappa shape index (κ3) is 3.08. The molecular formula is C14H14N4OS. The van der Waals surface area contributed by atoms with Gasteiger partial charge in [0.1, 0.15) is 12.3 Å². The van der Waals surface area contributed by atoms with E-state index in [0.29, 0.717) is 6.54 Å². The lowest BCUT2D eigenvalue weighted by Gasteiger charge is -2.03. The Hall–Kier alpha value is -2.08. The molecule has 0 unspecified atom stereocenters. The summed E-state index contributed by atoms with van der Waals surface area (Å²) in [6, 6.07) is 12.2. The maximum Gasteiger partial charge on any atom is 0.210 e. The Morgan fingerprint density at radius 3 is 3.00 bits per heavy atom. The van der Waals surface area contributed by atoms with Gasteiger partial charge in [-0.3, -0.25) is 0 Å². The largest absolute Gasteiger partial charge is 0.467 e. The molecular weight excluding hydrogens is 272 g/mol. The van der Waals surface area contributed by atoms with E-state index in [-0.39, 0.29) is 0 Å². The van der Waals surface area contributed by atoms with Crippen LogP contribution in [0.3, 0.4) is 0 Å². The summed E-state index contributed by atoms with van der Waals surface area (Å²) in [5.74, 6) is 1.69. The normalized spacial score (nSPS) is 10.8. The number of nitrogens with zero attached hydrogens (tertiary/aromatic N) is 4. The molecule has 0 aliphatic rings. The van der Waals surface area contributed by atoms with Crippen molar-refractivity contribution < 1.29 is 4.42 Å². The molecule has 0 atom stereocenters. The van der Waals surface area contributed by atoms with Crippen molar-refractivity contribution in [2.75, 3.05) is 0 Å². The molecule has 0 spiro atoms. The first-order valence-corrected chi connectivity index (χ1v) is 7.27. The zero-order valence-electron chi connectivity index (χ0n) is 11.1. The number of tetrazole rings is 1. The van der Waals surface area contributed by atoms with E-state index in [1.807, 2.05) is 12.1 Å². The summed E-state index contributed by atoms with van der Waals surface area (Å²) in [7, 11) is 0. The fraction of sp³-hybridized carbons (Fsp3) is 0.214. The predicted molar refractivity (Wildman–Crippen MR) is 76.4 cm³/mol. The molecule has 3 rings (SSSR count). The highest BCUT2D eigenvalue weighted by Gasteiger charge is 2.09. The minimum atomic E-state index is 0.552. The molecule has 0 radical (unpaired) electrons. The van der Waals surface area contributed by atoms with Crippen LogP contribution in [0.1, 0.15) is 16.9 Å². The van der Waals surface area contributed by atoms with E-state index in [9.17, 15) is 0 Å². The van der Waals surface area contributed by atoms with Gasteiger partial charge in [-0.15, -0.1) is 5.10 Å². The van der Waals surface area contributed by atoms with E-state index >= 15 is 0 Å². The van der Waals surface area contributed by atoms with Gasteiger partial charge < -0.3 is 4.42 Å². The first-order chi connectivity index (χ1) is 9.81. The van der Waals surface area contributed by atoms with Crippen LogP contribution in [0.4, 0.5) is 0 Å². The standard InChI is InChI=1S/C14H14N4OS/c1-11-4-2-5-12(8-11)10-20-14-15-16-17-18(14)9-13-6-3-7-19-13/h2-8H,9-10H2,1H3. The minimum Gasteiger partial charge on any atom is -0.467 e. The SMILES string of the molecule is Cc1cccc(CSc2nnnn2Cc2ccco2)c1. The highest BCUT2D eigenvalue weighted by molar-refractivity contribution is 7.98. The van der Waals surface area contributed by atoms with Crippen LogP contribution in [0.15, 0.2) is 52.2 Å². The second kappa shape index (κ2) is 5.92. The van der Waals surface area contributed by atoms with Gasteiger partial charge in [0.25, 0.3) is 0 Å². The quantitative estimate of drug-likeness (QED) is 0.675. The number of hydrogen-bond acceptors (Lipinski definition) is 5. The van der Waals surface area contributed by atoms with Crippen molar-refractivity contribution in [1.29, 1.82) is 0 Å². The van der Waals surface area contributed by atoms with Crippen LogP contribution in [0.2, 0.25) is 0 Å². The minimum absolute atomic E-state index is 0.552. The lowest BCUT2D eigenvalue weighted by atomic mass is 10.2. The number of benzene rings is 1. The van der Waals surface area contributed by atoms with E-state index in [4.69, 9.17) is 4.42 Å². The second-order valence-electron chi connectivity index (χ2n) is 4.48. The number of furan rings is 1. The molecule has 0 N–H and O–H groups in total. The summed E-state index contributed by atoms with van der Waals surface area (Å²) in [6.45, 7) is 2.64. The molecule has 1 aromatic carbocycles. The van der Waals surface area contributed by atoms with E-state index in [0.717, 1.165) is 16.7 Å². The molecule has 0 aliphatic carbocycles. The molecule has 20 heavy (non-hydrogen) atoms. The van der Waals surface area contributed by atoms with Gasteiger partial charge in [0, 0.05) is 5.75 Å². The van der Waals surface area contributed by atoms with Gasteiger partial charge in [-0.05, 0) is 35.0 Å². The first kappa shape index (κ1) is 12.9. The van der Waals surface area contributed by atoms with Crippen LogP contribution in [0.5, 0.6) is 0 Å². The molecule has 0 aliphatic heterocycles. The van der Waals surface area contributed by atoms with Crippen LogP contribution < -0.4 is 0 Å². The van der Waals surface area contributed by atoms with Gasteiger partial charge in [0.15, 0.2) is 0 Å². The summed E-state index contributed by atoms with van der Waals surface area (Å²) >= 11 is 1.62. The molecule has 2 heterocycles. The van der Waals surface area contributed by atoms with Crippen LogP contribution in [-0.2, 0) is 12.3 Å². The Morgan fingerprint density at radius 2 is 2.20 bits per heavy atom. The van der Waals surface area contributed by atoms with Gasteiger partial charge in [-0.1, -0.05) is 41.6 Å². The monoisotopic (exact) mass is 286 g/mol. The van der Waals surface area contributed by atoms with Crippen LogP contribution in [-0.4, -0.2) is 20.2 Å². The predicted octanol–water partition coefficient (Wildman–Crippen LogP) is 2.92. The smallest absolute Gasteiger partial charge is 0.210 e. The Labute approximate surface area is 121 Å². The zero-order valence-corrected chi connectivity index (χ0v) is 11.9. The zero-order chi connectivity index (χ0) is 13.8. The Bertz CT molecular complexity index is 678. The van der Waals surface area contributed by atoms with E-state index < -0.39 is 0 Å². The Kier molecular flexibility index (Phi) is 3.83. The molecule has 102 valence electrons. The van der Waals surface area contributed by atoms with Crippen molar-refractivity contribution in [3.05, 3.63) is 59.5 Å². The van der Waals surface area contributed by atoms with E-state index in [1.54, 1.807) is 22.7 Å². The average Bonchev–Trinajstić information content (AvgIpc) is 3.09. The van der Waals surface area contributed by atoms with Crippen LogP contribution in [0.25, 0.3) is 0 Å². The molecule has 0 saturated carbocycles. The van der Waals surface area contributed by atoms with Gasteiger partial charge in [0.05, 0.1) is 6.26 Å². The van der Waals surface area contributed by atoms with Crippen molar-refractivity contribution >= 4 is 11.8 Å². The lowest BCUT2D eigenvalue weighted by molar-refractivity contribution is 0.462. The highest BCUT2D eigenvalue weighted by atomic mass is 32.2. The van der Waals surface area contributed by atoms with Crippen molar-refractivity contribution in [3.8, 4) is 0 Å². The summed E-state index contributed by atoms with van der Waals surface area (Å²) in [5.41, 5.74) is 2.53. The molecule has 0 saturated heterocycles. The molecule has 0 amide bonds. The summed E-state index contributed by atoms with van der Waals surface area (Å²) in [4.78, 5) is 0. The molecule has 6 heteroatoms. The average molecular weight is 286 g/mol. The van der Waals surface area contributed by atoms with Crippen LogP contribution in [0, 0.1) is 6.92 Å². The first-order valence-electron chi connectivity index (χ1n) is 6.28. The third-order valence-corrected chi connectivity index (χ3v) is 3.86. The lowest BCUT2D eigenvalue weighted by Crippen LogP contribution is -2.03. The number of thioether (sulfide) groups is 1. The Balaban J connectivity index is 1.67. The number of rotatable bonds is 5. The molecule has 3 aromatic rings. The van der Waals surface area contributed by atoms with Gasteiger partial charge in [-0.2, -0.15) is 0 Å². The topological polar surface area (TPSA) is 56.7 Å². The Morgan fingerprint density at radius 1 is 1.25 bits per heavy atom. The van der Waals surface area contributed by atoms with Gasteiger partial charge in [0.2, 0.25) is 5.16 Å². The second-order valence-corrected chi connectivity index (χ2v) is 5.42. The van der Waals surface area contributed by atoms with Crippen molar-refractivity contribution in [1.82, 2.24) is 20.2 Å². The summed E-state index contributed by atoms with van der Waals surface area (Å²) < 4.78 is 7.06. The fourth-order valence-electron chi connectivity index (χ4n) is 1.90. The number of aromatic nitrogens is 4.